The first-order valence-electron chi connectivity index (χ1n) is 26.9. The van der Waals surface area contributed by atoms with Crippen LogP contribution >= 0.6 is 116 Å². The van der Waals surface area contributed by atoms with E-state index in [4.69, 9.17) is 34.4 Å². The Morgan fingerprint density at radius 2 is 1.00 bits per heavy atom. The SMILES string of the molecule is CCCCC(CC)CSC1=NC(c2ccc(C)s2)=C2C(SCC(CC)CCCC)=NC(c3ccc(C)s3)=C12.O=C1CC(c2cccs2)=C2C(=O)NC(c3cccs3)=C12.S=C1CC(c2cccs2)=C2C(=S)NC(c3cccs3)=C12.[B]. The highest BCUT2D eigenvalue weighted by atomic mass is 32.2. The number of ketones is 1. The second-order valence-electron chi connectivity index (χ2n) is 19.8. The molecular weight excluding hydrogens is 1160 g/mol. The van der Waals surface area contributed by atoms with Crippen LogP contribution in [0.15, 0.2) is 138 Å². The van der Waals surface area contributed by atoms with E-state index in [1.54, 1.807) is 34.0 Å². The number of amides is 1. The Morgan fingerprint density at radius 3 is 1.42 bits per heavy atom. The molecule has 2 aliphatic carbocycles. The van der Waals surface area contributed by atoms with Crippen molar-refractivity contribution in [2.75, 3.05) is 11.5 Å². The van der Waals surface area contributed by atoms with E-state index in [9.17, 15) is 9.59 Å². The van der Waals surface area contributed by atoms with Gasteiger partial charge >= 0.3 is 0 Å². The van der Waals surface area contributed by atoms with Crippen LogP contribution in [-0.2, 0) is 9.59 Å². The molecule has 0 saturated carbocycles. The fraction of sp³-hybridized carbons (Fsp3) is 0.323. The van der Waals surface area contributed by atoms with E-state index in [-0.39, 0.29) is 20.1 Å². The quantitative estimate of drug-likeness (QED) is 0.0655. The predicted molar refractivity (Wildman–Crippen MR) is 360 cm³/mol. The molecule has 79 heavy (non-hydrogen) atoms. The van der Waals surface area contributed by atoms with Crippen LogP contribution in [0.4, 0.5) is 0 Å². The number of thiocarbonyl (C=S) groups is 2. The molecule has 6 aromatic heterocycles. The summed E-state index contributed by atoms with van der Waals surface area (Å²) >= 11 is 25.4. The highest BCUT2D eigenvalue weighted by Crippen LogP contribution is 2.51. The van der Waals surface area contributed by atoms with E-state index in [0.29, 0.717) is 23.3 Å². The number of thiophene rings is 6. The van der Waals surface area contributed by atoms with Gasteiger partial charge in [0.15, 0.2) is 5.78 Å². The number of aliphatic imine (C=N–C) groups is 2. The smallest absolute Gasteiger partial charge is 0.256 e. The summed E-state index contributed by atoms with van der Waals surface area (Å²) in [7, 11) is 0. The minimum Gasteiger partial charge on any atom is -0.344 e. The van der Waals surface area contributed by atoms with Crippen LogP contribution in [0, 0.1) is 25.7 Å². The summed E-state index contributed by atoms with van der Waals surface area (Å²) in [6, 6.07) is 25.1. The van der Waals surface area contributed by atoms with Crippen LogP contribution in [0.2, 0.25) is 0 Å². The first-order chi connectivity index (χ1) is 38.0. The van der Waals surface area contributed by atoms with Gasteiger partial charge in [-0.25, -0.2) is 9.98 Å². The number of Topliss-reactive ketones (excluding diaryl/α,β-unsaturated/α-hetero) is 1. The third kappa shape index (κ3) is 12.9. The third-order valence-electron chi connectivity index (χ3n) is 14.5. The van der Waals surface area contributed by atoms with E-state index in [1.807, 2.05) is 81.2 Å². The Kier molecular flexibility index (Phi) is 20.6. The van der Waals surface area contributed by atoms with E-state index in [2.05, 4.69) is 111 Å². The fourth-order valence-corrected chi connectivity index (χ4v) is 18.3. The van der Waals surface area contributed by atoms with Gasteiger partial charge in [0.1, 0.15) is 15.1 Å². The van der Waals surface area contributed by atoms with E-state index >= 15 is 0 Å². The number of carbonyl (C=O) groups is 2. The summed E-state index contributed by atoms with van der Waals surface area (Å²) in [4.78, 5) is 46.8. The number of nitrogens with zero attached hydrogens (tertiary/aromatic N) is 2. The highest BCUT2D eigenvalue weighted by molar-refractivity contribution is 8.15. The number of unbranched alkanes of at least 4 members (excludes halogenated alkanes) is 2. The molecular formula is C62H62BN4O2S10. The molecule has 1 amide bonds. The number of allylic oxidation sites excluding steroid dienone is 2. The van der Waals surface area contributed by atoms with Gasteiger partial charge in [-0.1, -0.05) is 115 Å². The predicted octanol–water partition coefficient (Wildman–Crippen LogP) is 18.6. The van der Waals surface area contributed by atoms with Crippen molar-refractivity contribution in [1.29, 1.82) is 0 Å². The maximum atomic E-state index is 12.3. The Hall–Kier alpha value is -4.14. The monoisotopic (exact) mass is 1230 g/mol. The van der Waals surface area contributed by atoms with Crippen molar-refractivity contribution in [2.24, 2.45) is 21.8 Å². The van der Waals surface area contributed by atoms with Crippen LogP contribution in [-0.4, -0.2) is 51.5 Å². The Bertz CT molecular complexity index is 3130. The lowest BCUT2D eigenvalue weighted by Gasteiger charge is -2.15. The van der Waals surface area contributed by atoms with E-state index < -0.39 is 0 Å². The topological polar surface area (TPSA) is 82.9 Å². The van der Waals surface area contributed by atoms with Gasteiger partial charge in [-0.2, -0.15) is 0 Å². The average molecular weight is 1230 g/mol. The number of rotatable bonds is 18. The summed E-state index contributed by atoms with van der Waals surface area (Å²) in [6.45, 7) is 13.7. The number of fused-ring (bicyclic) bond motifs is 3. The van der Waals surface area contributed by atoms with Crippen molar-refractivity contribution in [3.63, 3.8) is 0 Å². The number of hydrogen-bond donors (Lipinski definition) is 2. The molecule has 4 aliphatic heterocycles. The van der Waals surface area contributed by atoms with Gasteiger partial charge in [-0.3, -0.25) is 9.59 Å². The van der Waals surface area contributed by atoms with Crippen molar-refractivity contribution in [1.82, 2.24) is 10.6 Å². The van der Waals surface area contributed by atoms with Gasteiger partial charge in [0.05, 0.1) is 53.4 Å². The van der Waals surface area contributed by atoms with Gasteiger partial charge in [0.2, 0.25) is 0 Å². The van der Waals surface area contributed by atoms with Crippen molar-refractivity contribution in [3.05, 3.63) is 167 Å². The summed E-state index contributed by atoms with van der Waals surface area (Å²) in [5.41, 5.74) is 12.3. The third-order valence-corrected chi connectivity index (χ3v) is 23.2. The zero-order valence-corrected chi connectivity index (χ0v) is 53.4. The minimum atomic E-state index is -0.155. The molecule has 405 valence electrons. The van der Waals surface area contributed by atoms with Crippen molar-refractivity contribution in [3.8, 4) is 0 Å². The van der Waals surface area contributed by atoms with Crippen LogP contribution in [0.1, 0.15) is 131 Å². The molecule has 2 N–H and O–H groups in total. The van der Waals surface area contributed by atoms with Crippen LogP contribution in [0.25, 0.3) is 33.9 Å². The zero-order chi connectivity index (χ0) is 54.5. The minimum absolute atomic E-state index is 0. The molecule has 3 radical (unpaired) electrons. The maximum absolute atomic E-state index is 12.3. The number of thioether (sulfide) groups is 2. The van der Waals surface area contributed by atoms with Gasteiger partial charge in [-0.15, -0.1) is 91.5 Å². The molecule has 2 unspecified atom stereocenters. The van der Waals surface area contributed by atoms with Gasteiger partial charge in [-0.05, 0) is 120 Å². The lowest BCUT2D eigenvalue weighted by Crippen LogP contribution is -2.16. The normalized spacial score (nSPS) is 17.2. The average Bonchev–Trinajstić information content (AvgIpc) is 4.41. The molecule has 6 aliphatic rings. The molecule has 0 aromatic carbocycles. The van der Waals surface area contributed by atoms with Gasteiger partial charge in [0, 0.05) is 79.4 Å². The van der Waals surface area contributed by atoms with Crippen LogP contribution in [0.5, 0.6) is 0 Å². The van der Waals surface area contributed by atoms with E-state index in [1.165, 1.54) is 119 Å². The lowest BCUT2D eigenvalue weighted by molar-refractivity contribution is -0.116. The summed E-state index contributed by atoms with van der Waals surface area (Å²) < 4.78 is 0. The Labute approximate surface area is 511 Å². The van der Waals surface area contributed by atoms with Gasteiger partial charge in [0.25, 0.3) is 5.91 Å². The largest absolute Gasteiger partial charge is 0.344 e. The molecule has 6 nitrogen and oxygen atoms in total. The molecule has 6 aromatic rings. The molecule has 0 fully saturated rings. The first kappa shape index (κ1) is 59.5. The number of carbonyl (C=O) groups excluding carboxylic acids is 2. The summed E-state index contributed by atoms with van der Waals surface area (Å²) in [5.74, 6) is 3.64. The molecule has 2 atom stereocenters. The number of aryl methyl sites for hydroxylation is 2. The van der Waals surface area contributed by atoms with Crippen LogP contribution in [0.3, 0.4) is 0 Å². The maximum Gasteiger partial charge on any atom is 0.256 e. The second-order valence-corrected chi connectivity index (χ2v) is 29.1. The molecule has 12 rings (SSSR count). The molecule has 17 heteroatoms. The van der Waals surface area contributed by atoms with Gasteiger partial charge < -0.3 is 10.6 Å². The second kappa shape index (κ2) is 27.3. The zero-order valence-electron chi connectivity index (χ0n) is 45.2. The summed E-state index contributed by atoms with van der Waals surface area (Å²) in [5, 5.41) is 16.7. The molecule has 10 heterocycles. The molecule has 0 saturated heterocycles. The highest BCUT2D eigenvalue weighted by Gasteiger charge is 2.42. The Balaban J connectivity index is 0.000000155. The van der Waals surface area contributed by atoms with Crippen molar-refractivity contribution < 1.29 is 9.59 Å². The summed E-state index contributed by atoms with van der Waals surface area (Å²) in [6.07, 6.45) is 11.4. The molecule has 0 spiro atoms. The molecule has 0 bridgehead atoms. The van der Waals surface area contributed by atoms with Crippen molar-refractivity contribution in [2.45, 2.75) is 106 Å². The van der Waals surface area contributed by atoms with Crippen LogP contribution < -0.4 is 10.6 Å². The standard InChI is InChI=1S/C32H44N2S4.C15H9NO2S2.C15H9NS4.B/c1-7-11-13-23(9-3)19-35-31-27-28(30(33-31)26-18-16-22(6)38-26)32(36-20-24(10-4)14-12-8-2)34-29(27)25-17-15-21(5)37-25;2*17-9-7-8(10-3-1-5-19-10)12-13(9)14(16-15(12)18)11-4-2-6-20-11;/h15-18,23-24H,7-14,19-20H2,1-6H3;2*1-6H,7H2,(H,16,18);. The number of hydrogen-bond acceptors (Lipinski definition) is 14. The number of nitrogens with one attached hydrogen (secondary N) is 2. The first-order valence-corrected chi connectivity index (χ1v) is 34.8. The Morgan fingerprint density at radius 1 is 0.544 bits per heavy atom. The fourth-order valence-electron chi connectivity index (χ4n) is 10.3. The van der Waals surface area contributed by atoms with Crippen molar-refractivity contribution >= 4 is 190 Å². The lowest BCUT2D eigenvalue weighted by atomic mass is 10.0. The van der Waals surface area contributed by atoms with E-state index in [0.717, 1.165) is 83.2 Å².